The maximum atomic E-state index is 12.6. The summed E-state index contributed by atoms with van der Waals surface area (Å²) >= 11 is 1.14. The van der Waals surface area contributed by atoms with E-state index < -0.39 is 11.7 Å². The molecule has 1 amide bonds. The first-order chi connectivity index (χ1) is 10.0. The molecular formula is C14H21N3O3S. The molecule has 2 atom stereocenters. The van der Waals surface area contributed by atoms with Crippen LogP contribution in [0.5, 0.6) is 0 Å². The van der Waals surface area contributed by atoms with Crippen molar-refractivity contribution >= 4 is 17.4 Å². The summed E-state index contributed by atoms with van der Waals surface area (Å²) in [4.78, 5) is 14.9. The summed E-state index contributed by atoms with van der Waals surface area (Å²) in [6.07, 6.45) is 1.96. The maximum absolute atomic E-state index is 12.6. The first-order valence-electron chi connectivity index (χ1n) is 7.47. The average Bonchev–Trinajstić information content (AvgIpc) is 3.11. The van der Waals surface area contributed by atoms with Crippen LogP contribution in [0.25, 0.3) is 0 Å². The quantitative estimate of drug-likeness (QED) is 0.894. The summed E-state index contributed by atoms with van der Waals surface area (Å²) in [6.45, 7) is 5.65. The molecule has 3 heterocycles. The first-order valence-corrected chi connectivity index (χ1v) is 8.24. The van der Waals surface area contributed by atoms with E-state index in [0.29, 0.717) is 31.0 Å². The van der Waals surface area contributed by atoms with E-state index in [1.807, 2.05) is 13.8 Å². The maximum Gasteiger partial charge on any atom is 0.267 e. The fourth-order valence-corrected chi connectivity index (χ4v) is 3.98. The van der Waals surface area contributed by atoms with Crippen molar-refractivity contribution in [3.8, 4) is 0 Å². The molecule has 2 fully saturated rings. The van der Waals surface area contributed by atoms with Crippen LogP contribution in [0.3, 0.4) is 0 Å². The number of nitrogens with zero attached hydrogens (tertiary/aromatic N) is 3. The summed E-state index contributed by atoms with van der Waals surface area (Å²) in [5.41, 5.74) is 0.320. The molecule has 0 saturated carbocycles. The van der Waals surface area contributed by atoms with E-state index in [4.69, 9.17) is 4.74 Å². The zero-order valence-electron chi connectivity index (χ0n) is 12.4. The molecule has 0 aliphatic carbocycles. The molecule has 1 aromatic heterocycles. The molecule has 1 N–H and O–H groups in total. The third-order valence-corrected chi connectivity index (χ3v) is 5.21. The molecular weight excluding hydrogens is 290 g/mol. The number of hydrogen-bond acceptors (Lipinski definition) is 6. The Kier molecular flexibility index (Phi) is 3.98. The standard InChI is InChI=1S/C14H21N3O3S/c1-9(2)11-12(21-16-15-11)13(19)17-6-5-14(10(18)8-17)4-3-7-20-14/h9-10,18H,3-8H2,1-2H3/t10-,14-/m0/s1. The Morgan fingerprint density at radius 2 is 2.33 bits per heavy atom. The van der Waals surface area contributed by atoms with Gasteiger partial charge in [-0.2, -0.15) is 0 Å². The number of hydrogen-bond donors (Lipinski definition) is 1. The summed E-state index contributed by atoms with van der Waals surface area (Å²) in [5.74, 6) is 0.0996. The lowest BCUT2D eigenvalue weighted by molar-refractivity contribution is -0.122. The second-order valence-corrected chi connectivity index (χ2v) is 6.93. The highest BCUT2D eigenvalue weighted by Gasteiger charge is 2.46. The van der Waals surface area contributed by atoms with Crippen molar-refractivity contribution in [1.29, 1.82) is 0 Å². The van der Waals surface area contributed by atoms with Gasteiger partial charge in [0.25, 0.3) is 5.91 Å². The lowest BCUT2D eigenvalue weighted by Gasteiger charge is -2.42. The van der Waals surface area contributed by atoms with E-state index in [-0.39, 0.29) is 11.8 Å². The van der Waals surface area contributed by atoms with Gasteiger partial charge in [-0.3, -0.25) is 4.79 Å². The van der Waals surface area contributed by atoms with Crippen molar-refractivity contribution in [3.63, 3.8) is 0 Å². The van der Waals surface area contributed by atoms with Crippen LogP contribution in [0.2, 0.25) is 0 Å². The number of amides is 1. The topological polar surface area (TPSA) is 75.6 Å². The van der Waals surface area contributed by atoms with Crippen molar-refractivity contribution in [3.05, 3.63) is 10.6 Å². The predicted octanol–water partition coefficient (Wildman–Crippen LogP) is 1.42. The number of carbonyl (C=O) groups is 1. The second-order valence-electron chi connectivity index (χ2n) is 6.18. The monoisotopic (exact) mass is 311 g/mol. The molecule has 116 valence electrons. The van der Waals surface area contributed by atoms with Crippen LogP contribution in [-0.2, 0) is 4.74 Å². The molecule has 2 saturated heterocycles. The summed E-state index contributed by atoms with van der Waals surface area (Å²) in [7, 11) is 0. The van der Waals surface area contributed by atoms with Gasteiger partial charge in [-0.1, -0.05) is 18.3 Å². The van der Waals surface area contributed by atoms with Crippen molar-refractivity contribution < 1.29 is 14.6 Å². The molecule has 2 aliphatic rings. The Hall–Kier alpha value is -1.05. The van der Waals surface area contributed by atoms with Crippen LogP contribution < -0.4 is 0 Å². The number of ether oxygens (including phenoxy) is 1. The van der Waals surface area contributed by atoms with E-state index in [0.717, 1.165) is 30.1 Å². The van der Waals surface area contributed by atoms with Crippen LogP contribution in [0.1, 0.15) is 54.4 Å². The minimum atomic E-state index is -0.610. The zero-order chi connectivity index (χ0) is 15.0. The number of carbonyl (C=O) groups excluding carboxylic acids is 1. The first kappa shape index (κ1) is 14.9. The molecule has 0 bridgehead atoms. The fourth-order valence-electron chi connectivity index (χ4n) is 3.19. The second kappa shape index (κ2) is 5.62. The summed E-state index contributed by atoms with van der Waals surface area (Å²) in [5, 5.41) is 14.5. The highest BCUT2D eigenvalue weighted by atomic mass is 32.1. The Morgan fingerprint density at radius 1 is 1.52 bits per heavy atom. The number of rotatable bonds is 2. The molecule has 6 nitrogen and oxygen atoms in total. The third kappa shape index (κ3) is 2.58. The summed E-state index contributed by atoms with van der Waals surface area (Å²) in [6, 6.07) is 0. The van der Waals surface area contributed by atoms with Gasteiger partial charge in [0.1, 0.15) is 11.0 Å². The van der Waals surface area contributed by atoms with Crippen molar-refractivity contribution in [1.82, 2.24) is 14.5 Å². The molecule has 0 radical (unpaired) electrons. The van der Waals surface area contributed by atoms with E-state index in [2.05, 4.69) is 9.59 Å². The molecule has 0 aromatic carbocycles. The molecule has 0 unspecified atom stereocenters. The van der Waals surface area contributed by atoms with Crippen LogP contribution >= 0.6 is 11.5 Å². The van der Waals surface area contributed by atoms with Gasteiger partial charge in [0.2, 0.25) is 0 Å². The van der Waals surface area contributed by atoms with Gasteiger partial charge in [-0.05, 0) is 36.7 Å². The van der Waals surface area contributed by atoms with Gasteiger partial charge in [0.15, 0.2) is 0 Å². The van der Waals surface area contributed by atoms with Gasteiger partial charge in [0.05, 0.1) is 11.3 Å². The third-order valence-electron chi connectivity index (χ3n) is 4.48. The van der Waals surface area contributed by atoms with Crippen LogP contribution in [0.15, 0.2) is 0 Å². The molecule has 21 heavy (non-hydrogen) atoms. The smallest absolute Gasteiger partial charge is 0.267 e. The van der Waals surface area contributed by atoms with Crippen LogP contribution in [0, 0.1) is 0 Å². The lowest BCUT2D eigenvalue weighted by Crippen LogP contribution is -2.56. The highest BCUT2D eigenvalue weighted by Crippen LogP contribution is 2.36. The largest absolute Gasteiger partial charge is 0.388 e. The van der Waals surface area contributed by atoms with E-state index >= 15 is 0 Å². The van der Waals surface area contributed by atoms with Crippen LogP contribution in [-0.4, -0.2) is 56.9 Å². The van der Waals surface area contributed by atoms with Gasteiger partial charge < -0.3 is 14.7 Å². The van der Waals surface area contributed by atoms with Crippen molar-refractivity contribution in [2.24, 2.45) is 0 Å². The van der Waals surface area contributed by atoms with E-state index in [9.17, 15) is 9.90 Å². The van der Waals surface area contributed by atoms with Crippen LogP contribution in [0.4, 0.5) is 0 Å². The molecule has 2 aliphatic heterocycles. The van der Waals surface area contributed by atoms with Crippen molar-refractivity contribution in [2.75, 3.05) is 19.7 Å². The number of piperidine rings is 1. The fraction of sp³-hybridized carbons (Fsp3) is 0.786. The Bertz CT molecular complexity index is 525. The van der Waals surface area contributed by atoms with Gasteiger partial charge in [-0.25, -0.2) is 0 Å². The lowest BCUT2D eigenvalue weighted by atomic mass is 9.86. The Labute approximate surface area is 128 Å². The van der Waals surface area contributed by atoms with E-state index in [1.54, 1.807) is 4.90 Å². The van der Waals surface area contributed by atoms with Gasteiger partial charge >= 0.3 is 0 Å². The highest BCUT2D eigenvalue weighted by molar-refractivity contribution is 7.08. The van der Waals surface area contributed by atoms with E-state index in [1.165, 1.54) is 0 Å². The number of aromatic nitrogens is 2. The van der Waals surface area contributed by atoms with Gasteiger partial charge in [0, 0.05) is 19.7 Å². The normalized spacial score (nSPS) is 29.5. The minimum Gasteiger partial charge on any atom is -0.388 e. The number of likely N-dealkylation sites (tertiary alicyclic amines) is 1. The average molecular weight is 311 g/mol. The number of aliphatic hydroxyl groups is 1. The van der Waals surface area contributed by atoms with Gasteiger partial charge in [-0.15, -0.1) is 5.10 Å². The predicted molar refractivity (Wildman–Crippen MR) is 78.4 cm³/mol. The number of aliphatic hydroxyl groups excluding tert-OH is 1. The molecule has 1 spiro atoms. The minimum absolute atomic E-state index is 0.0689. The molecule has 7 heteroatoms. The summed E-state index contributed by atoms with van der Waals surface area (Å²) < 4.78 is 9.67. The molecule has 3 rings (SSSR count). The SMILES string of the molecule is CC(C)c1nnsc1C(=O)N1CC[C@@]2(CCCO2)[C@@H](O)C1. The molecule has 1 aromatic rings. The zero-order valence-corrected chi connectivity index (χ0v) is 13.2. The Morgan fingerprint density at radius 3 is 2.95 bits per heavy atom. The number of β-amino-alcohol motifs (C(OH)–C–C–N with tert-alkyl or cyclic N) is 1. The Balaban J connectivity index is 1.74. The van der Waals surface area contributed by atoms with Crippen molar-refractivity contribution in [2.45, 2.75) is 50.7 Å².